The highest BCUT2D eigenvalue weighted by Crippen LogP contribution is 2.41. The van der Waals surface area contributed by atoms with Gasteiger partial charge in [0.25, 0.3) is 0 Å². The topological polar surface area (TPSA) is 102 Å². The summed E-state index contributed by atoms with van der Waals surface area (Å²) >= 11 is 0. The van der Waals surface area contributed by atoms with E-state index in [1.165, 1.54) is 20.3 Å². The van der Waals surface area contributed by atoms with E-state index in [-0.39, 0.29) is 17.1 Å². The van der Waals surface area contributed by atoms with E-state index in [1.807, 2.05) is 0 Å². The molecular weight excluding hydrogens is 226 g/mol. The van der Waals surface area contributed by atoms with Crippen LogP contribution in [0.4, 0.5) is 0 Å². The molecule has 0 unspecified atom stereocenters. The Bertz CT molecular complexity index is 444. The van der Waals surface area contributed by atoms with E-state index in [2.05, 4.69) is 0 Å². The highest BCUT2D eigenvalue weighted by molar-refractivity contribution is 5.78. The monoisotopic (exact) mass is 241 g/mol. The minimum Gasteiger partial charge on any atom is -0.504 e. The zero-order valence-corrected chi connectivity index (χ0v) is 9.85. The van der Waals surface area contributed by atoms with Crippen LogP contribution in [0.2, 0.25) is 0 Å². The first-order valence-electron chi connectivity index (χ1n) is 4.86. The van der Waals surface area contributed by atoms with Crippen LogP contribution in [0.15, 0.2) is 6.07 Å². The fourth-order valence-corrected chi connectivity index (χ4v) is 1.57. The van der Waals surface area contributed by atoms with Crippen LogP contribution in [-0.4, -0.2) is 30.4 Å². The second-order valence-electron chi connectivity index (χ2n) is 3.49. The van der Waals surface area contributed by atoms with Gasteiger partial charge in [0, 0.05) is 11.1 Å². The quantitative estimate of drug-likeness (QED) is 0.720. The molecule has 0 spiro atoms. The van der Waals surface area contributed by atoms with Gasteiger partial charge in [-0.2, -0.15) is 0 Å². The smallest absolute Gasteiger partial charge is 0.325 e. The lowest BCUT2D eigenvalue weighted by atomic mass is 10.0. The second-order valence-corrected chi connectivity index (χ2v) is 3.49. The number of methoxy groups -OCH3 is 2. The standard InChI is InChI=1S/C11H15NO5/c1-5-7(16-2)4-6(8(12)11(14)15)9(13)10(5)17-3/h4,8,13H,12H2,1-3H3,(H,14,15)/t8-/m0/s1. The number of phenolic OH excluding ortho intramolecular Hbond substituents is 1. The largest absolute Gasteiger partial charge is 0.504 e. The molecule has 0 aliphatic carbocycles. The predicted octanol–water partition coefficient (Wildman–Crippen LogP) is 0.802. The van der Waals surface area contributed by atoms with Crippen molar-refractivity contribution in [1.82, 2.24) is 0 Å². The SMILES string of the molecule is COc1cc([C@H](N)C(=O)O)c(O)c(OC)c1C. The molecule has 0 aliphatic heterocycles. The average molecular weight is 241 g/mol. The van der Waals surface area contributed by atoms with Gasteiger partial charge in [0.15, 0.2) is 11.5 Å². The molecule has 0 saturated carbocycles. The molecule has 94 valence electrons. The number of phenols is 1. The van der Waals surface area contributed by atoms with Crippen molar-refractivity contribution in [2.24, 2.45) is 5.73 Å². The molecule has 0 saturated heterocycles. The molecule has 0 aliphatic rings. The van der Waals surface area contributed by atoms with Crippen molar-refractivity contribution in [3.63, 3.8) is 0 Å². The third-order valence-corrected chi connectivity index (χ3v) is 2.51. The Morgan fingerprint density at radius 3 is 2.41 bits per heavy atom. The molecule has 0 aromatic heterocycles. The highest BCUT2D eigenvalue weighted by Gasteiger charge is 2.24. The lowest BCUT2D eigenvalue weighted by Crippen LogP contribution is -2.21. The Hall–Kier alpha value is -1.95. The van der Waals surface area contributed by atoms with Crippen LogP contribution >= 0.6 is 0 Å². The Labute approximate surface area is 98.6 Å². The summed E-state index contributed by atoms with van der Waals surface area (Å²) < 4.78 is 10.1. The number of rotatable bonds is 4. The van der Waals surface area contributed by atoms with E-state index < -0.39 is 12.0 Å². The van der Waals surface area contributed by atoms with Crippen molar-refractivity contribution in [3.8, 4) is 17.2 Å². The van der Waals surface area contributed by atoms with Crippen molar-refractivity contribution < 1.29 is 24.5 Å². The lowest BCUT2D eigenvalue weighted by molar-refractivity contribution is -0.138. The molecule has 17 heavy (non-hydrogen) atoms. The van der Waals surface area contributed by atoms with Gasteiger partial charge in [-0.05, 0) is 13.0 Å². The summed E-state index contributed by atoms with van der Waals surface area (Å²) in [5.74, 6) is -0.948. The maximum absolute atomic E-state index is 10.8. The number of aliphatic carboxylic acids is 1. The summed E-state index contributed by atoms with van der Waals surface area (Å²) in [5.41, 5.74) is 6.10. The maximum atomic E-state index is 10.8. The first kappa shape index (κ1) is 13.1. The number of aromatic hydroxyl groups is 1. The number of hydrogen-bond acceptors (Lipinski definition) is 5. The fraction of sp³-hybridized carbons (Fsp3) is 0.364. The molecule has 0 radical (unpaired) electrons. The van der Waals surface area contributed by atoms with E-state index in [0.717, 1.165) is 0 Å². The van der Waals surface area contributed by atoms with Gasteiger partial charge >= 0.3 is 5.97 Å². The summed E-state index contributed by atoms with van der Waals surface area (Å²) in [6.07, 6.45) is 0. The summed E-state index contributed by atoms with van der Waals surface area (Å²) in [4.78, 5) is 10.8. The molecule has 6 nitrogen and oxygen atoms in total. The van der Waals surface area contributed by atoms with E-state index in [0.29, 0.717) is 11.3 Å². The molecule has 6 heteroatoms. The third-order valence-electron chi connectivity index (χ3n) is 2.51. The van der Waals surface area contributed by atoms with Gasteiger partial charge in [0.2, 0.25) is 0 Å². The Morgan fingerprint density at radius 2 is 2.00 bits per heavy atom. The zero-order chi connectivity index (χ0) is 13.2. The number of benzene rings is 1. The van der Waals surface area contributed by atoms with Gasteiger partial charge in [-0.25, -0.2) is 0 Å². The first-order valence-corrected chi connectivity index (χ1v) is 4.86. The normalized spacial score (nSPS) is 12.0. The maximum Gasteiger partial charge on any atom is 0.325 e. The molecule has 0 bridgehead atoms. The van der Waals surface area contributed by atoms with Crippen LogP contribution in [0, 0.1) is 6.92 Å². The third kappa shape index (κ3) is 2.26. The number of carboxylic acid groups (broad SMARTS) is 1. The first-order chi connectivity index (χ1) is 7.93. The van der Waals surface area contributed by atoms with Crippen LogP contribution < -0.4 is 15.2 Å². The highest BCUT2D eigenvalue weighted by atomic mass is 16.5. The molecule has 1 aromatic carbocycles. The predicted molar refractivity (Wildman–Crippen MR) is 60.5 cm³/mol. The zero-order valence-electron chi connectivity index (χ0n) is 9.85. The van der Waals surface area contributed by atoms with Crippen LogP contribution in [0.25, 0.3) is 0 Å². The lowest BCUT2D eigenvalue weighted by Gasteiger charge is -2.17. The number of ether oxygens (including phenoxy) is 2. The second kappa shape index (κ2) is 4.92. The van der Waals surface area contributed by atoms with Crippen LogP contribution in [0.1, 0.15) is 17.2 Å². The van der Waals surface area contributed by atoms with Crippen molar-refractivity contribution in [1.29, 1.82) is 0 Å². The van der Waals surface area contributed by atoms with Crippen molar-refractivity contribution in [2.75, 3.05) is 14.2 Å². The minimum absolute atomic E-state index is 0.0526. The van der Waals surface area contributed by atoms with E-state index in [1.54, 1.807) is 6.92 Å². The molecule has 0 fully saturated rings. The van der Waals surface area contributed by atoms with Crippen molar-refractivity contribution >= 4 is 5.97 Å². The molecule has 4 N–H and O–H groups in total. The summed E-state index contributed by atoms with van der Waals surface area (Å²) in [6, 6.07) is 0.0600. The summed E-state index contributed by atoms with van der Waals surface area (Å²) in [6.45, 7) is 1.69. The number of hydrogen-bond donors (Lipinski definition) is 3. The van der Waals surface area contributed by atoms with E-state index in [4.69, 9.17) is 20.3 Å². The van der Waals surface area contributed by atoms with Gasteiger partial charge in [-0.1, -0.05) is 0 Å². The van der Waals surface area contributed by atoms with Crippen LogP contribution in [0.5, 0.6) is 17.2 Å². The Kier molecular flexibility index (Phi) is 3.80. The number of carboxylic acids is 1. The van der Waals surface area contributed by atoms with Gasteiger partial charge in [0.1, 0.15) is 11.8 Å². The van der Waals surface area contributed by atoms with E-state index in [9.17, 15) is 9.90 Å². The molecule has 0 amide bonds. The molecule has 1 rings (SSSR count). The van der Waals surface area contributed by atoms with Crippen molar-refractivity contribution in [3.05, 3.63) is 17.2 Å². The molecule has 1 aromatic rings. The van der Waals surface area contributed by atoms with Crippen molar-refractivity contribution in [2.45, 2.75) is 13.0 Å². The minimum atomic E-state index is -1.33. The van der Waals surface area contributed by atoms with Gasteiger partial charge in [-0.3, -0.25) is 4.79 Å². The summed E-state index contributed by atoms with van der Waals surface area (Å²) in [5, 5.41) is 18.7. The van der Waals surface area contributed by atoms with E-state index >= 15 is 0 Å². The van der Waals surface area contributed by atoms with Gasteiger partial charge in [-0.15, -0.1) is 0 Å². The molecular formula is C11H15NO5. The fourth-order valence-electron chi connectivity index (χ4n) is 1.57. The molecule has 1 atom stereocenters. The Balaban J connectivity index is 3.46. The van der Waals surface area contributed by atoms with Crippen LogP contribution in [0.3, 0.4) is 0 Å². The Morgan fingerprint density at radius 1 is 1.41 bits per heavy atom. The molecule has 0 heterocycles. The van der Waals surface area contributed by atoms with Crippen LogP contribution in [-0.2, 0) is 4.79 Å². The number of carbonyl (C=O) groups is 1. The average Bonchev–Trinajstić information content (AvgIpc) is 2.29. The van der Waals surface area contributed by atoms with Gasteiger partial charge < -0.3 is 25.4 Å². The summed E-state index contributed by atoms with van der Waals surface area (Å²) in [7, 11) is 2.81. The van der Waals surface area contributed by atoms with Gasteiger partial charge in [0.05, 0.1) is 14.2 Å². The number of nitrogens with two attached hydrogens (primary N) is 1.